The van der Waals surface area contributed by atoms with Crippen LogP contribution in [0.4, 0.5) is 0 Å². The van der Waals surface area contributed by atoms with Crippen molar-refractivity contribution in [1.82, 2.24) is 5.32 Å². The molecule has 1 aliphatic carbocycles. The lowest BCUT2D eigenvalue weighted by molar-refractivity contribution is -0.127. The minimum Gasteiger partial charge on any atom is -0.351 e. The lowest BCUT2D eigenvalue weighted by Crippen LogP contribution is -2.44. The van der Waals surface area contributed by atoms with Gasteiger partial charge in [0.15, 0.2) is 0 Å². The van der Waals surface area contributed by atoms with Gasteiger partial charge in [0.1, 0.15) is 0 Å². The molecule has 0 atom stereocenters. The lowest BCUT2D eigenvalue weighted by Gasteiger charge is -2.30. The number of nitrogens with one attached hydrogen (secondary N) is 1. The zero-order chi connectivity index (χ0) is 12.2. The second-order valence-corrected chi connectivity index (χ2v) is 6.03. The van der Waals surface area contributed by atoms with Crippen molar-refractivity contribution in [2.45, 2.75) is 58.4 Å². The van der Waals surface area contributed by atoms with Gasteiger partial charge in [-0.3, -0.25) is 4.79 Å². The molecule has 1 rings (SSSR count). The second-order valence-electron chi connectivity index (χ2n) is 6.03. The summed E-state index contributed by atoms with van der Waals surface area (Å²) in [6, 6.07) is 0. The molecule has 0 aliphatic heterocycles. The summed E-state index contributed by atoms with van der Waals surface area (Å²) in [5.74, 6) is 1.22. The Morgan fingerprint density at radius 2 is 1.81 bits per heavy atom. The molecule has 0 aromatic heterocycles. The fourth-order valence-corrected chi connectivity index (χ4v) is 2.42. The van der Waals surface area contributed by atoms with Crippen molar-refractivity contribution in [3.63, 3.8) is 0 Å². The highest BCUT2D eigenvalue weighted by Crippen LogP contribution is 2.30. The Labute approximate surface area is 99.2 Å². The first-order valence-corrected chi connectivity index (χ1v) is 6.44. The summed E-state index contributed by atoms with van der Waals surface area (Å²) >= 11 is 0. The van der Waals surface area contributed by atoms with Crippen LogP contribution in [-0.4, -0.2) is 18.0 Å². The zero-order valence-electron chi connectivity index (χ0n) is 10.9. The molecule has 0 aromatic carbocycles. The Morgan fingerprint density at radius 3 is 2.25 bits per heavy atom. The Morgan fingerprint density at radius 1 is 1.25 bits per heavy atom. The molecular weight excluding hydrogens is 200 g/mol. The van der Waals surface area contributed by atoms with E-state index >= 15 is 0 Å². The van der Waals surface area contributed by atoms with E-state index in [4.69, 9.17) is 5.73 Å². The van der Waals surface area contributed by atoms with Gasteiger partial charge in [0.2, 0.25) is 5.91 Å². The molecule has 16 heavy (non-hydrogen) atoms. The molecule has 0 aromatic rings. The van der Waals surface area contributed by atoms with E-state index in [0.29, 0.717) is 0 Å². The summed E-state index contributed by atoms with van der Waals surface area (Å²) < 4.78 is 0. The van der Waals surface area contributed by atoms with Crippen molar-refractivity contribution in [3.05, 3.63) is 0 Å². The maximum absolute atomic E-state index is 11.9. The minimum absolute atomic E-state index is 0.106. The van der Waals surface area contributed by atoms with Crippen LogP contribution >= 0.6 is 0 Å². The van der Waals surface area contributed by atoms with Crippen molar-refractivity contribution in [2.75, 3.05) is 6.54 Å². The predicted octanol–water partition coefficient (Wildman–Crippen LogP) is 2.06. The third-order valence-corrected chi connectivity index (χ3v) is 3.29. The van der Waals surface area contributed by atoms with Crippen LogP contribution in [0.15, 0.2) is 0 Å². The first kappa shape index (κ1) is 13.5. The van der Waals surface area contributed by atoms with Crippen LogP contribution in [0.3, 0.4) is 0 Å². The number of amides is 1. The van der Waals surface area contributed by atoms with Gasteiger partial charge < -0.3 is 11.1 Å². The molecule has 1 fully saturated rings. The van der Waals surface area contributed by atoms with Gasteiger partial charge in [-0.15, -0.1) is 0 Å². The molecule has 0 spiro atoms. The molecule has 3 nitrogen and oxygen atoms in total. The molecule has 1 aliphatic rings. The molecule has 94 valence electrons. The molecule has 0 saturated heterocycles. The van der Waals surface area contributed by atoms with Crippen LogP contribution in [-0.2, 0) is 4.79 Å². The van der Waals surface area contributed by atoms with Gasteiger partial charge in [-0.05, 0) is 65.3 Å². The lowest BCUT2D eigenvalue weighted by atomic mass is 9.80. The molecule has 1 saturated carbocycles. The smallest absolute Gasteiger partial charge is 0.223 e. The van der Waals surface area contributed by atoms with Crippen molar-refractivity contribution < 1.29 is 4.79 Å². The number of hydrogen-bond acceptors (Lipinski definition) is 2. The number of hydrogen-bond donors (Lipinski definition) is 2. The molecule has 0 bridgehead atoms. The van der Waals surface area contributed by atoms with E-state index in [2.05, 4.69) is 5.32 Å². The highest BCUT2D eigenvalue weighted by atomic mass is 16.2. The van der Waals surface area contributed by atoms with Gasteiger partial charge in [-0.25, -0.2) is 0 Å². The van der Waals surface area contributed by atoms with Crippen LogP contribution < -0.4 is 11.1 Å². The van der Waals surface area contributed by atoms with E-state index in [9.17, 15) is 4.79 Å². The number of nitrogens with two attached hydrogens (primary N) is 1. The van der Waals surface area contributed by atoms with Crippen LogP contribution in [0.1, 0.15) is 52.9 Å². The van der Waals surface area contributed by atoms with Gasteiger partial charge in [-0.1, -0.05) is 0 Å². The summed E-state index contributed by atoms with van der Waals surface area (Å²) in [6.07, 6.45) is 5.52. The minimum atomic E-state index is -0.106. The Bertz CT molecular complexity index is 225. The monoisotopic (exact) mass is 226 g/mol. The van der Waals surface area contributed by atoms with Crippen molar-refractivity contribution in [3.8, 4) is 0 Å². The van der Waals surface area contributed by atoms with Gasteiger partial charge in [-0.2, -0.15) is 0 Å². The quantitative estimate of drug-likeness (QED) is 0.774. The first-order chi connectivity index (χ1) is 7.42. The maximum Gasteiger partial charge on any atom is 0.223 e. The second kappa shape index (κ2) is 5.67. The van der Waals surface area contributed by atoms with Crippen molar-refractivity contribution >= 4 is 5.91 Å². The first-order valence-electron chi connectivity index (χ1n) is 6.44. The average molecular weight is 226 g/mol. The van der Waals surface area contributed by atoms with Gasteiger partial charge in [0.25, 0.3) is 0 Å². The third kappa shape index (κ3) is 4.52. The summed E-state index contributed by atoms with van der Waals surface area (Å²) in [6.45, 7) is 6.88. The standard InChI is InChI=1S/C13H26N2O/c1-13(2,3)15-12(16)11-6-4-10(5-7-11)8-9-14/h10-11H,4-9,14H2,1-3H3,(H,15,16). The largest absolute Gasteiger partial charge is 0.351 e. The van der Waals surface area contributed by atoms with Gasteiger partial charge in [0.05, 0.1) is 0 Å². The average Bonchev–Trinajstić information content (AvgIpc) is 2.16. The molecule has 0 heterocycles. The van der Waals surface area contributed by atoms with Crippen molar-refractivity contribution in [1.29, 1.82) is 0 Å². The van der Waals surface area contributed by atoms with E-state index in [0.717, 1.165) is 31.7 Å². The third-order valence-electron chi connectivity index (χ3n) is 3.29. The Hall–Kier alpha value is -0.570. The Kier molecular flexibility index (Phi) is 4.78. The topological polar surface area (TPSA) is 55.1 Å². The molecule has 1 amide bonds. The number of carbonyl (C=O) groups is 1. The summed E-state index contributed by atoms with van der Waals surface area (Å²) in [5, 5.41) is 3.07. The molecule has 0 unspecified atom stereocenters. The molecule has 0 radical (unpaired) electrons. The van der Waals surface area contributed by atoms with Crippen molar-refractivity contribution in [2.24, 2.45) is 17.6 Å². The maximum atomic E-state index is 11.9. The van der Waals surface area contributed by atoms with Gasteiger partial charge in [0, 0.05) is 11.5 Å². The zero-order valence-corrected chi connectivity index (χ0v) is 10.9. The van der Waals surface area contributed by atoms with E-state index < -0.39 is 0 Å². The van der Waals surface area contributed by atoms with E-state index in [1.54, 1.807) is 0 Å². The molecule has 3 N–H and O–H groups in total. The van der Waals surface area contributed by atoms with Crippen LogP contribution in [0, 0.1) is 11.8 Å². The number of rotatable bonds is 3. The Balaban J connectivity index is 2.33. The fraction of sp³-hybridized carbons (Fsp3) is 0.923. The van der Waals surface area contributed by atoms with Crippen LogP contribution in [0.5, 0.6) is 0 Å². The highest BCUT2D eigenvalue weighted by Gasteiger charge is 2.27. The summed E-state index contributed by atoms with van der Waals surface area (Å²) in [4.78, 5) is 11.9. The summed E-state index contributed by atoms with van der Waals surface area (Å²) in [5.41, 5.74) is 5.45. The van der Waals surface area contributed by atoms with Crippen LogP contribution in [0.25, 0.3) is 0 Å². The van der Waals surface area contributed by atoms with E-state index in [1.165, 1.54) is 12.8 Å². The van der Waals surface area contributed by atoms with Crippen LogP contribution in [0.2, 0.25) is 0 Å². The molecular formula is C13H26N2O. The normalized spacial score (nSPS) is 26.5. The number of carbonyl (C=O) groups excluding carboxylic acids is 1. The SMILES string of the molecule is CC(C)(C)NC(=O)C1CCC(CCN)CC1. The predicted molar refractivity (Wildman–Crippen MR) is 67.0 cm³/mol. The fourth-order valence-electron chi connectivity index (χ4n) is 2.42. The van der Waals surface area contributed by atoms with Gasteiger partial charge >= 0.3 is 0 Å². The highest BCUT2D eigenvalue weighted by molar-refractivity contribution is 5.79. The van der Waals surface area contributed by atoms with E-state index in [1.807, 2.05) is 20.8 Å². The summed E-state index contributed by atoms with van der Waals surface area (Å²) in [7, 11) is 0. The van der Waals surface area contributed by atoms with E-state index in [-0.39, 0.29) is 17.4 Å². The molecule has 3 heteroatoms.